The van der Waals surface area contributed by atoms with Crippen molar-refractivity contribution < 1.29 is 18.7 Å². The molecular formula is C20H17FN2O3. The molecule has 0 bridgehead atoms. The van der Waals surface area contributed by atoms with E-state index in [1.807, 2.05) is 18.2 Å². The van der Waals surface area contributed by atoms with Gasteiger partial charge in [-0.1, -0.05) is 12.1 Å². The van der Waals surface area contributed by atoms with Crippen molar-refractivity contribution in [2.45, 2.75) is 18.8 Å². The molecule has 1 aromatic heterocycles. The third kappa shape index (κ3) is 2.11. The molecule has 2 aromatic carbocycles. The number of aromatic nitrogens is 1. The summed E-state index contributed by atoms with van der Waals surface area (Å²) >= 11 is 0. The van der Waals surface area contributed by atoms with Crippen LogP contribution in [-0.4, -0.2) is 31.0 Å². The van der Waals surface area contributed by atoms with Crippen molar-refractivity contribution >= 4 is 39.2 Å². The molecule has 1 aliphatic heterocycles. The molecule has 4 rings (SSSR count). The summed E-state index contributed by atoms with van der Waals surface area (Å²) in [5.41, 5.74) is 0.478. The minimum absolute atomic E-state index is 0.135. The van der Waals surface area contributed by atoms with Gasteiger partial charge in [0.25, 0.3) is 0 Å². The number of benzene rings is 2. The van der Waals surface area contributed by atoms with Crippen LogP contribution in [0.1, 0.15) is 19.0 Å². The molecule has 3 aromatic rings. The van der Waals surface area contributed by atoms with Crippen molar-refractivity contribution in [3.63, 3.8) is 0 Å². The summed E-state index contributed by atoms with van der Waals surface area (Å²) in [7, 11) is 2.97. The number of esters is 1. The number of carbonyl (C=O) groups excluding carboxylic acids is 2. The van der Waals surface area contributed by atoms with Crippen molar-refractivity contribution in [1.29, 1.82) is 0 Å². The second kappa shape index (κ2) is 5.49. The first kappa shape index (κ1) is 16.4. The van der Waals surface area contributed by atoms with Crippen molar-refractivity contribution in [3.8, 4) is 0 Å². The molecule has 0 radical (unpaired) electrons. The Balaban J connectivity index is 2.15. The number of likely N-dealkylation sites (N-methyl/N-ethyl adjacent to an activating group) is 1. The summed E-state index contributed by atoms with van der Waals surface area (Å²) < 4.78 is 18.6. The monoisotopic (exact) mass is 352 g/mol. The molecular weight excluding hydrogens is 335 g/mol. The van der Waals surface area contributed by atoms with E-state index in [1.165, 1.54) is 19.2 Å². The Morgan fingerprint density at radius 2 is 2.04 bits per heavy atom. The molecule has 132 valence electrons. The van der Waals surface area contributed by atoms with E-state index >= 15 is 0 Å². The van der Waals surface area contributed by atoms with Gasteiger partial charge < -0.3 is 9.64 Å². The normalized spacial score (nSPS) is 19.2. The van der Waals surface area contributed by atoms with E-state index in [0.29, 0.717) is 11.2 Å². The smallest absolute Gasteiger partial charge is 0.306 e. The number of ether oxygens (including phenoxy) is 1. The Hall–Kier alpha value is -3.02. The van der Waals surface area contributed by atoms with Gasteiger partial charge in [0.2, 0.25) is 5.91 Å². The molecule has 1 aliphatic rings. The number of hydrogen-bond donors (Lipinski definition) is 0. The number of amides is 1. The Morgan fingerprint density at radius 3 is 2.77 bits per heavy atom. The number of fused-ring (bicyclic) bond motifs is 2. The molecule has 0 spiro atoms. The van der Waals surface area contributed by atoms with Crippen molar-refractivity contribution in [2.75, 3.05) is 19.1 Å². The Morgan fingerprint density at radius 1 is 1.27 bits per heavy atom. The first-order chi connectivity index (χ1) is 12.4. The highest BCUT2D eigenvalue weighted by molar-refractivity contribution is 6.19. The lowest BCUT2D eigenvalue weighted by molar-refractivity contribution is -0.144. The van der Waals surface area contributed by atoms with Gasteiger partial charge in [0.05, 0.1) is 30.4 Å². The van der Waals surface area contributed by atoms with E-state index in [1.54, 1.807) is 24.9 Å². The zero-order chi connectivity index (χ0) is 18.6. The average molecular weight is 352 g/mol. The maximum absolute atomic E-state index is 13.8. The Labute approximate surface area is 149 Å². The molecule has 0 saturated carbocycles. The van der Waals surface area contributed by atoms with Gasteiger partial charge in [-0.2, -0.15) is 0 Å². The lowest BCUT2D eigenvalue weighted by Crippen LogP contribution is -2.48. The van der Waals surface area contributed by atoms with Crippen LogP contribution in [0.15, 0.2) is 36.4 Å². The lowest BCUT2D eigenvalue weighted by Gasteiger charge is -2.38. The van der Waals surface area contributed by atoms with Gasteiger partial charge in [-0.25, -0.2) is 4.39 Å². The molecule has 0 aliphatic carbocycles. The first-order valence-corrected chi connectivity index (χ1v) is 8.24. The van der Waals surface area contributed by atoms with Crippen LogP contribution in [0.25, 0.3) is 21.7 Å². The average Bonchev–Trinajstić information content (AvgIpc) is 2.64. The van der Waals surface area contributed by atoms with E-state index in [9.17, 15) is 14.0 Å². The predicted octanol–water partition coefficient (Wildman–Crippen LogP) is 3.32. The van der Waals surface area contributed by atoms with E-state index < -0.39 is 17.2 Å². The number of halogens is 1. The predicted molar refractivity (Wildman–Crippen MR) is 96.6 cm³/mol. The quantitative estimate of drug-likeness (QED) is 0.524. The number of methoxy groups -OCH3 is 1. The van der Waals surface area contributed by atoms with Crippen LogP contribution in [0.5, 0.6) is 0 Å². The highest BCUT2D eigenvalue weighted by Crippen LogP contribution is 2.45. The molecule has 1 amide bonds. The fraction of sp³-hybridized carbons (Fsp3) is 0.250. The second-order valence-electron chi connectivity index (χ2n) is 6.77. The highest BCUT2D eigenvalue weighted by atomic mass is 19.1. The summed E-state index contributed by atoms with van der Waals surface area (Å²) in [4.78, 5) is 31.3. The minimum atomic E-state index is -1.19. The fourth-order valence-electron chi connectivity index (χ4n) is 3.79. The summed E-state index contributed by atoms with van der Waals surface area (Å²) in [6.45, 7) is 1.69. The maximum atomic E-state index is 13.8. The van der Waals surface area contributed by atoms with Crippen LogP contribution in [0.3, 0.4) is 0 Å². The van der Waals surface area contributed by atoms with Gasteiger partial charge in [-0.05, 0) is 30.5 Å². The van der Waals surface area contributed by atoms with Gasteiger partial charge in [0, 0.05) is 23.9 Å². The SMILES string of the molecule is COC(=O)CC1(C)C(=O)N(C)c2cccc3c2c1nc1cc(F)ccc13. The van der Waals surface area contributed by atoms with Crippen LogP contribution >= 0.6 is 0 Å². The van der Waals surface area contributed by atoms with Crippen molar-refractivity contribution in [2.24, 2.45) is 0 Å². The van der Waals surface area contributed by atoms with Gasteiger partial charge in [0.15, 0.2) is 0 Å². The molecule has 0 N–H and O–H groups in total. The van der Waals surface area contributed by atoms with Crippen molar-refractivity contribution in [1.82, 2.24) is 4.98 Å². The summed E-state index contributed by atoms with van der Waals surface area (Å²) in [5, 5.41) is 2.48. The van der Waals surface area contributed by atoms with E-state index in [-0.39, 0.29) is 12.3 Å². The minimum Gasteiger partial charge on any atom is -0.469 e. The zero-order valence-electron chi connectivity index (χ0n) is 14.7. The van der Waals surface area contributed by atoms with Gasteiger partial charge in [0.1, 0.15) is 11.2 Å². The van der Waals surface area contributed by atoms with Crippen LogP contribution < -0.4 is 4.90 Å². The van der Waals surface area contributed by atoms with E-state index in [2.05, 4.69) is 4.98 Å². The van der Waals surface area contributed by atoms with Crippen LogP contribution in [0.2, 0.25) is 0 Å². The van der Waals surface area contributed by atoms with Crippen LogP contribution in [-0.2, 0) is 19.7 Å². The van der Waals surface area contributed by atoms with Gasteiger partial charge >= 0.3 is 5.97 Å². The van der Waals surface area contributed by atoms with E-state index in [4.69, 9.17) is 4.74 Å². The number of pyridine rings is 1. The molecule has 2 heterocycles. The number of carbonyl (C=O) groups is 2. The lowest BCUT2D eigenvalue weighted by atomic mass is 9.76. The Bertz CT molecular complexity index is 1100. The maximum Gasteiger partial charge on any atom is 0.306 e. The first-order valence-electron chi connectivity index (χ1n) is 8.24. The fourth-order valence-corrected chi connectivity index (χ4v) is 3.79. The van der Waals surface area contributed by atoms with E-state index in [0.717, 1.165) is 21.8 Å². The molecule has 0 saturated heterocycles. The van der Waals surface area contributed by atoms with Crippen LogP contribution in [0.4, 0.5) is 10.1 Å². The molecule has 26 heavy (non-hydrogen) atoms. The van der Waals surface area contributed by atoms with Crippen molar-refractivity contribution in [3.05, 3.63) is 47.9 Å². The third-order valence-electron chi connectivity index (χ3n) is 5.15. The van der Waals surface area contributed by atoms with Gasteiger partial charge in [-0.15, -0.1) is 0 Å². The molecule has 1 unspecified atom stereocenters. The molecule has 6 heteroatoms. The Kier molecular flexibility index (Phi) is 3.47. The summed E-state index contributed by atoms with van der Waals surface area (Å²) in [6, 6.07) is 10.1. The van der Waals surface area contributed by atoms with Gasteiger partial charge in [-0.3, -0.25) is 14.6 Å². The topological polar surface area (TPSA) is 59.5 Å². The standard InChI is InChI=1S/C20H17FN2O3/c1-20(10-16(24)26-3)18-17-13(5-4-6-15(17)23(2)19(20)25)12-8-7-11(21)9-14(12)22-18/h4-9H,10H2,1-3H3. The molecule has 5 nitrogen and oxygen atoms in total. The summed E-state index contributed by atoms with van der Waals surface area (Å²) in [6.07, 6.45) is -0.135. The van der Waals surface area contributed by atoms with Crippen LogP contribution in [0, 0.1) is 5.82 Å². The number of nitrogens with zero attached hydrogens (tertiary/aromatic N) is 2. The summed E-state index contributed by atoms with van der Waals surface area (Å²) in [5.74, 6) is -1.14. The number of hydrogen-bond acceptors (Lipinski definition) is 4. The molecule has 1 atom stereocenters. The second-order valence-corrected chi connectivity index (χ2v) is 6.77. The number of rotatable bonds is 2. The highest BCUT2D eigenvalue weighted by Gasteiger charge is 2.46. The zero-order valence-corrected chi connectivity index (χ0v) is 14.7. The molecule has 0 fully saturated rings. The largest absolute Gasteiger partial charge is 0.469 e. The number of anilines is 1. The third-order valence-corrected chi connectivity index (χ3v) is 5.15.